The minimum Gasteiger partial charge on any atom is -0.378 e. The third-order valence-corrected chi connectivity index (χ3v) is 3.12. The summed E-state index contributed by atoms with van der Waals surface area (Å²) in [5.74, 6) is 0. The van der Waals surface area contributed by atoms with Crippen molar-refractivity contribution < 1.29 is 4.74 Å². The Kier molecular flexibility index (Phi) is 4.16. The molecule has 0 bridgehead atoms. The second-order valence-electron chi connectivity index (χ2n) is 4.08. The Hall–Kier alpha value is -0.120. The van der Waals surface area contributed by atoms with E-state index in [9.17, 15) is 0 Å². The molecule has 1 rings (SSSR count). The molecule has 1 aliphatic rings. The van der Waals surface area contributed by atoms with Gasteiger partial charge < -0.3 is 15.8 Å². The van der Waals surface area contributed by atoms with E-state index in [4.69, 9.17) is 10.5 Å². The molecule has 0 heterocycles. The van der Waals surface area contributed by atoms with Crippen LogP contribution in [0, 0.1) is 0 Å². The number of rotatable bonds is 6. The van der Waals surface area contributed by atoms with E-state index in [2.05, 4.69) is 12.2 Å². The highest BCUT2D eigenvalue weighted by Crippen LogP contribution is 2.37. The van der Waals surface area contributed by atoms with E-state index in [-0.39, 0.29) is 5.60 Å². The molecule has 1 saturated carbocycles. The van der Waals surface area contributed by atoms with Crippen LogP contribution in [0.2, 0.25) is 0 Å². The second kappa shape index (κ2) is 4.94. The molecule has 0 saturated heterocycles. The third-order valence-electron chi connectivity index (χ3n) is 3.12. The lowest BCUT2D eigenvalue weighted by Crippen LogP contribution is -2.43. The Morgan fingerprint density at radius 1 is 1.54 bits per heavy atom. The minimum atomic E-state index is 0.196. The van der Waals surface area contributed by atoms with E-state index < -0.39 is 0 Å². The zero-order valence-corrected chi connectivity index (χ0v) is 8.81. The number of nitrogens with two attached hydrogens (primary N) is 1. The quantitative estimate of drug-likeness (QED) is 0.647. The average molecular weight is 186 g/mol. The first-order chi connectivity index (χ1) is 6.22. The van der Waals surface area contributed by atoms with Crippen molar-refractivity contribution in [3.63, 3.8) is 0 Å². The van der Waals surface area contributed by atoms with Crippen LogP contribution in [0.1, 0.15) is 32.6 Å². The molecule has 1 atom stereocenters. The van der Waals surface area contributed by atoms with Crippen molar-refractivity contribution in [2.45, 2.75) is 44.2 Å². The van der Waals surface area contributed by atoms with Crippen LogP contribution in [0.5, 0.6) is 0 Å². The zero-order valence-electron chi connectivity index (χ0n) is 8.81. The normalized spacial score (nSPS) is 22.4. The molecule has 3 heteroatoms. The summed E-state index contributed by atoms with van der Waals surface area (Å²) in [5.41, 5.74) is 5.70. The van der Waals surface area contributed by atoms with Gasteiger partial charge in [-0.2, -0.15) is 0 Å². The van der Waals surface area contributed by atoms with Gasteiger partial charge >= 0.3 is 0 Å². The van der Waals surface area contributed by atoms with Gasteiger partial charge in [0.05, 0.1) is 5.60 Å². The maximum atomic E-state index is 5.52. The molecular formula is C10H22N2O. The Morgan fingerprint density at radius 2 is 2.23 bits per heavy atom. The Balaban J connectivity index is 2.10. The molecule has 0 amide bonds. The van der Waals surface area contributed by atoms with Gasteiger partial charge in [-0.05, 0) is 39.2 Å². The van der Waals surface area contributed by atoms with Crippen molar-refractivity contribution in [1.29, 1.82) is 0 Å². The molecule has 0 aromatic heterocycles. The van der Waals surface area contributed by atoms with E-state index in [1.807, 2.05) is 7.11 Å². The molecule has 0 aromatic carbocycles. The first-order valence-corrected chi connectivity index (χ1v) is 5.21. The van der Waals surface area contributed by atoms with Crippen molar-refractivity contribution >= 4 is 0 Å². The van der Waals surface area contributed by atoms with Crippen LogP contribution in [-0.4, -0.2) is 31.8 Å². The molecule has 3 N–H and O–H groups in total. The van der Waals surface area contributed by atoms with Gasteiger partial charge in [0.15, 0.2) is 0 Å². The van der Waals surface area contributed by atoms with Crippen molar-refractivity contribution in [3.05, 3.63) is 0 Å². The number of nitrogens with one attached hydrogen (secondary N) is 1. The molecule has 0 aliphatic heterocycles. The number of methoxy groups -OCH3 is 1. The molecule has 0 aromatic rings. The van der Waals surface area contributed by atoms with E-state index in [0.717, 1.165) is 13.0 Å². The Morgan fingerprint density at radius 3 is 2.62 bits per heavy atom. The molecular weight excluding hydrogens is 164 g/mol. The highest BCUT2D eigenvalue weighted by atomic mass is 16.5. The number of hydrogen-bond donors (Lipinski definition) is 2. The lowest BCUT2D eigenvalue weighted by Gasteiger charge is -2.40. The van der Waals surface area contributed by atoms with Gasteiger partial charge in [-0.3, -0.25) is 0 Å². The predicted molar refractivity (Wildman–Crippen MR) is 54.7 cm³/mol. The van der Waals surface area contributed by atoms with Crippen LogP contribution >= 0.6 is 0 Å². The van der Waals surface area contributed by atoms with Gasteiger partial charge in [-0.1, -0.05) is 0 Å². The Bertz CT molecular complexity index is 140. The van der Waals surface area contributed by atoms with Crippen molar-refractivity contribution in [2.75, 3.05) is 20.2 Å². The SMILES string of the molecule is COC1(CCNC(C)CN)CCC1. The lowest BCUT2D eigenvalue weighted by molar-refractivity contribution is -0.0770. The summed E-state index contributed by atoms with van der Waals surface area (Å²) in [6, 6.07) is 0.425. The van der Waals surface area contributed by atoms with Crippen molar-refractivity contribution in [2.24, 2.45) is 5.73 Å². The number of ether oxygens (including phenoxy) is 1. The van der Waals surface area contributed by atoms with Gasteiger partial charge in [0.1, 0.15) is 0 Å². The summed E-state index contributed by atoms with van der Waals surface area (Å²) in [6.45, 7) is 3.84. The standard InChI is InChI=1S/C10H22N2O/c1-9(8-11)12-7-6-10(13-2)4-3-5-10/h9,12H,3-8,11H2,1-2H3. The average Bonchev–Trinajstić information content (AvgIpc) is 2.09. The fourth-order valence-corrected chi connectivity index (χ4v) is 1.76. The maximum absolute atomic E-state index is 5.52. The van der Waals surface area contributed by atoms with Crippen LogP contribution < -0.4 is 11.1 Å². The Labute approximate surface area is 81.0 Å². The van der Waals surface area contributed by atoms with Crippen LogP contribution in [-0.2, 0) is 4.74 Å². The molecule has 13 heavy (non-hydrogen) atoms. The predicted octanol–water partition coefficient (Wildman–Crippen LogP) is 0.882. The molecule has 1 aliphatic carbocycles. The summed E-state index contributed by atoms with van der Waals surface area (Å²) in [4.78, 5) is 0. The lowest BCUT2D eigenvalue weighted by atomic mass is 9.77. The van der Waals surface area contributed by atoms with Gasteiger partial charge in [0.25, 0.3) is 0 Å². The summed E-state index contributed by atoms with van der Waals surface area (Å²) in [6.07, 6.45) is 4.89. The molecule has 0 radical (unpaired) electrons. The molecule has 1 fully saturated rings. The molecule has 1 unspecified atom stereocenters. The van der Waals surface area contributed by atoms with Crippen LogP contribution in [0.3, 0.4) is 0 Å². The first kappa shape index (κ1) is 11.0. The fourth-order valence-electron chi connectivity index (χ4n) is 1.76. The van der Waals surface area contributed by atoms with Crippen LogP contribution in [0.4, 0.5) is 0 Å². The smallest absolute Gasteiger partial charge is 0.0690 e. The fraction of sp³-hybridized carbons (Fsp3) is 1.00. The molecule has 0 spiro atoms. The second-order valence-corrected chi connectivity index (χ2v) is 4.08. The van der Waals surface area contributed by atoms with Crippen molar-refractivity contribution in [3.8, 4) is 0 Å². The maximum Gasteiger partial charge on any atom is 0.0690 e. The van der Waals surface area contributed by atoms with Crippen molar-refractivity contribution in [1.82, 2.24) is 5.32 Å². The van der Waals surface area contributed by atoms with Crippen LogP contribution in [0.15, 0.2) is 0 Å². The summed E-state index contributed by atoms with van der Waals surface area (Å²) in [7, 11) is 1.82. The van der Waals surface area contributed by atoms with E-state index in [1.54, 1.807) is 0 Å². The van der Waals surface area contributed by atoms with E-state index >= 15 is 0 Å². The monoisotopic (exact) mass is 186 g/mol. The minimum absolute atomic E-state index is 0.196. The van der Waals surface area contributed by atoms with Gasteiger partial charge in [0.2, 0.25) is 0 Å². The molecule has 3 nitrogen and oxygen atoms in total. The third kappa shape index (κ3) is 2.93. The van der Waals surface area contributed by atoms with Gasteiger partial charge in [0, 0.05) is 19.7 Å². The first-order valence-electron chi connectivity index (χ1n) is 5.21. The van der Waals surface area contributed by atoms with Gasteiger partial charge in [-0.25, -0.2) is 0 Å². The highest BCUT2D eigenvalue weighted by Gasteiger charge is 2.36. The highest BCUT2D eigenvalue weighted by molar-refractivity contribution is 4.89. The van der Waals surface area contributed by atoms with E-state index in [1.165, 1.54) is 19.3 Å². The topological polar surface area (TPSA) is 47.3 Å². The molecule has 78 valence electrons. The van der Waals surface area contributed by atoms with E-state index in [0.29, 0.717) is 12.6 Å². The summed E-state index contributed by atoms with van der Waals surface area (Å²) < 4.78 is 5.52. The van der Waals surface area contributed by atoms with Crippen LogP contribution in [0.25, 0.3) is 0 Å². The summed E-state index contributed by atoms with van der Waals surface area (Å²) in [5, 5.41) is 3.39. The summed E-state index contributed by atoms with van der Waals surface area (Å²) >= 11 is 0. The van der Waals surface area contributed by atoms with Gasteiger partial charge in [-0.15, -0.1) is 0 Å². The number of hydrogen-bond acceptors (Lipinski definition) is 3. The zero-order chi connectivity index (χ0) is 9.73. The largest absolute Gasteiger partial charge is 0.378 e.